The van der Waals surface area contributed by atoms with Crippen molar-refractivity contribution in [3.63, 3.8) is 0 Å². The van der Waals surface area contributed by atoms with Crippen molar-refractivity contribution >= 4 is 17.7 Å². The molecule has 0 aliphatic rings. The number of aromatic nitrogens is 2. The highest BCUT2D eigenvalue weighted by Gasteiger charge is 2.33. The lowest BCUT2D eigenvalue weighted by molar-refractivity contribution is -0.152. The molecule has 0 saturated carbocycles. The van der Waals surface area contributed by atoms with Crippen LogP contribution in [0.2, 0.25) is 0 Å². The number of ether oxygens (including phenoxy) is 2. The molecule has 6 heteroatoms. The van der Waals surface area contributed by atoms with Crippen molar-refractivity contribution in [2.24, 2.45) is 0 Å². The van der Waals surface area contributed by atoms with E-state index in [0.717, 1.165) is 11.3 Å². The number of rotatable bonds is 8. The lowest BCUT2D eigenvalue weighted by atomic mass is 9.95. The number of methoxy groups -OCH3 is 1. The number of hydrogen-bond acceptors (Lipinski definition) is 6. The summed E-state index contributed by atoms with van der Waals surface area (Å²) in [5, 5.41) is 0.616. The Bertz CT molecular complexity index is 848. The Morgan fingerprint density at radius 2 is 1.79 bits per heavy atom. The molecule has 2 rings (SSSR count). The molecule has 0 fully saturated rings. The van der Waals surface area contributed by atoms with Gasteiger partial charge in [0.2, 0.25) is 5.88 Å². The molecule has 0 aliphatic heterocycles. The van der Waals surface area contributed by atoms with Crippen molar-refractivity contribution in [3.8, 4) is 17.1 Å². The number of carbonyl (C=O) groups excluding carboxylic acids is 1. The van der Waals surface area contributed by atoms with E-state index in [1.165, 1.54) is 11.8 Å². The van der Waals surface area contributed by atoms with Crippen LogP contribution in [0.1, 0.15) is 41.0 Å². The van der Waals surface area contributed by atoms with Crippen LogP contribution in [0, 0.1) is 0 Å². The summed E-state index contributed by atoms with van der Waals surface area (Å²) in [6.07, 6.45) is 0.616. The summed E-state index contributed by atoms with van der Waals surface area (Å²) >= 11 is 1.53. The fourth-order valence-corrected chi connectivity index (χ4v) is 4.19. The first-order chi connectivity index (χ1) is 13.0. The Labute approximate surface area is 171 Å². The molecule has 1 aromatic carbocycles. The first-order valence-corrected chi connectivity index (χ1v) is 9.89. The molecular formula is C22H28N2O3S. The molecule has 5 nitrogen and oxygen atoms in total. The van der Waals surface area contributed by atoms with Crippen LogP contribution in [0.3, 0.4) is 0 Å². The summed E-state index contributed by atoms with van der Waals surface area (Å²) in [7, 11) is 1.59. The number of thioether (sulfide) groups is 1. The van der Waals surface area contributed by atoms with Gasteiger partial charge in [0.15, 0.2) is 5.16 Å². The molecule has 0 amide bonds. The Kier molecular flexibility index (Phi) is 6.88. The van der Waals surface area contributed by atoms with Gasteiger partial charge in [-0.1, -0.05) is 62.5 Å². The van der Waals surface area contributed by atoms with E-state index in [1.807, 2.05) is 50.2 Å². The summed E-state index contributed by atoms with van der Waals surface area (Å²) in [4.78, 5) is 21.1. The quantitative estimate of drug-likeness (QED) is 0.259. The third-order valence-corrected chi connectivity index (χ3v) is 4.96. The van der Waals surface area contributed by atoms with Gasteiger partial charge in [-0.3, -0.25) is 0 Å². The second kappa shape index (κ2) is 8.78. The molecule has 150 valence electrons. The fraction of sp³-hybridized carbons (Fsp3) is 0.409. The summed E-state index contributed by atoms with van der Waals surface area (Å²) in [5.74, 6) is 0.134. The van der Waals surface area contributed by atoms with Crippen molar-refractivity contribution in [1.82, 2.24) is 9.97 Å². The van der Waals surface area contributed by atoms with E-state index in [-0.39, 0.29) is 10.7 Å². The largest absolute Gasteiger partial charge is 0.481 e. The maximum absolute atomic E-state index is 11.9. The molecule has 0 spiro atoms. The standard InChI is InChI=1S/C22H28N2O3S/c1-15(2)19(25)27-21(3,4)14-22(5,6)28-20-23-17(13-18(24-20)26-7)16-11-9-8-10-12-16/h8-13H,1,14H2,2-7H3. The Balaban J connectivity index is 2.23. The predicted octanol–water partition coefficient (Wildman–Crippen LogP) is 5.31. The number of nitrogens with zero attached hydrogens (tertiary/aromatic N) is 2. The van der Waals surface area contributed by atoms with Gasteiger partial charge in [0, 0.05) is 28.4 Å². The van der Waals surface area contributed by atoms with E-state index < -0.39 is 5.60 Å². The lowest BCUT2D eigenvalue weighted by Gasteiger charge is -2.33. The highest BCUT2D eigenvalue weighted by molar-refractivity contribution is 8.00. The summed E-state index contributed by atoms with van der Waals surface area (Å²) < 4.78 is 10.7. The minimum Gasteiger partial charge on any atom is -0.481 e. The van der Waals surface area contributed by atoms with E-state index in [0.29, 0.717) is 23.0 Å². The van der Waals surface area contributed by atoms with Crippen molar-refractivity contribution in [2.45, 2.75) is 56.5 Å². The first-order valence-electron chi connectivity index (χ1n) is 9.08. The highest BCUT2D eigenvalue weighted by atomic mass is 32.2. The van der Waals surface area contributed by atoms with Crippen LogP contribution < -0.4 is 4.74 Å². The van der Waals surface area contributed by atoms with Gasteiger partial charge in [-0.2, -0.15) is 4.98 Å². The minimum atomic E-state index is -0.645. The van der Waals surface area contributed by atoms with Gasteiger partial charge in [0.05, 0.1) is 12.8 Å². The monoisotopic (exact) mass is 400 g/mol. The van der Waals surface area contributed by atoms with Gasteiger partial charge in [-0.05, 0) is 20.8 Å². The molecule has 0 N–H and O–H groups in total. The molecule has 28 heavy (non-hydrogen) atoms. The molecule has 0 saturated heterocycles. The Hall–Kier alpha value is -2.34. The number of carbonyl (C=O) groups is 1. The van der Waals surface area contributed by atoms with Crippen LogP contribution in [-0.2, 0) is 9.53 Å². The predicted molar refractivity (Wildman–Crippen MR) is 114 cm³/mol. The normalized spacial score (nSPS) is 11.8. The second-order valence-electron chi connectivity index (χ2n) is 7.91. The third kappa shape index (κ3) is 6.37. The van der Waals surface area contributed by atoms with Crippen LogP contribution in [0.15, 0.2) is 53.7 Å². The van der Waals surface area contributed by atoms with E-state index in [2.05, 4.69) is 25.4 Å². The van der Waals surface area contributed by atoms with Crippen molar-refractivity contribution in [2.75, 3.05) is 7.11 Å². The Morgan fingerprint density at radius 3 is 2.36 bits per heavy atom. The molecule has 1 heterocycles. The van der Waals surface area contributed by atoms with Crippen molar-refractivity contribution < 1.29 is 14.3 Å². The average molecular weight is 401 g/mol. The van der Waals surface area contributed by atoms with Crippen LogP contribution in [0.4, 0.5) is 0 Å². The van der Waals surface area contributed by atoms with Gasteiger partial charge in [-0.15, -0.1) is 0 Å². The highest BCUT2D eigenvalue weighted by Crippen LogP contribution is 2.39. The Morgan fingerprint density at radius 1 is 1.14 bits per heavy atom. The lowest BCUT2D eigenvalue weighted by Crippen LogP contribution is -2.35. The van der Waals surface area contributed by atoms with Gasteiger partial charge >= 0.3 is 5.97 Å². The smallest absolute Gasteiger partial charge is 0.333 e. The number of hydrogen-bond donors (Lipinski definition) is 0. The molecule has 0 bridgehead atoms. The summed E-state index contributed by atoms with van der Waals surface area (Å²) in [5.41, 5.74) is 1.55. The maximum atomic E-state index is 11.9. The molecule has 0 radical (unpaired) electrons. The van der Waals surface area contributed by atoms with Gasteiger partial charge in [-0.25, -0.2) is 9.78 Å². The zero-order chi connectivity index (χ0) is 20.9. The van der Waals surface area contributed by atoms with Crippen molar-refractivity contribution in [3.05, 3.63) is 48.6 Å². The molecule has 0 atom stereocenters. The molecule has 0 unspecified atom stereocenters. The molecular weight excluding hydrogens is 372 g/mol. The average Bonchev–Trinajstić information content (AvgIpc) is 2.60. The number of esters is 1. The second-order valence-corrected chi connectivity index (χ2v) is 9.59. The SMILES string of the molecule is C=C(C)C(=O)OC(C)(C)CC(C)(C)Sc1nc(OC)cc(-c2ccccc2)n1. The molecule has 0 aliphatic carbocycles. The van der Waals surface area contributed by atoms with E-state index in [1.54, 1.807) is 14.0 Å². The summed E-state index contributed by atoms with van der Waals surface area (Å²) in [6, 6.07) is 11.7. The third-order valence-electron chi connectivity index (χ3n) is 3.90. The first kappa shape index (κ1) is 22.0. The molecule has 2 aromatic rings. The van der Waals surface area contributed by atoms with Crippen LogP contribution in [-0.4, -0.2) is 33.4 Å². The van der Waals surface area contributed by atoms with Crippen molar-refractivity contribution in [1.29, 1.82) is 0 Å². The summed E-state index contributed by atoms with van der Waals surface area (Å²) in [6.45, 7) is 13.3. The fourth-order valence-electron chi connectivity index (χ4n) is 2.99. The zero-order valence-corrected chi connectivity index (χ0v) is 18.2. The van der Waals surface area contributed by atoms with E-state index >= 15 is 0 Å². The van der Waals surface area contributed by atoms with Gasteiger partial charge in [0.1, 0.15) is 5.60 Å². The molecule has 1 aromatic heterocycles. The van der Waals surface area contributed by atoms with Gasteiger partial charge in [0.25, 0.3) is 0 Å². The minimum absolute atomic E-state index is 0.279. The van der Waals surface area contributed by atoms with Crippen LogP contribution >= 0.6 is 11.8 Å². The topological polar surface area (TPSA) is 61.3 Å². The maximum Gasteiger partial charge on any atom is 0.333 e. The number of benzene rings is 1. The van der Waals surface area contributed by atoms with Crippen LogP contribution in [0.25, 0.3) is 11.3 Å². The van der Waals surface area contributed by atoms with Gasteiger partial charge < -0.3 is 9.47 Å². The van der Waals surface area contributed by atoms with E-state index in [9.17, 15) is 4.79 Å². The van der Waals surface area contributed by atoms with Crippen LogP contribution in [0.5, 0.6) is 5.88 Å². The van der Waals surface area contributed by atoms with E-state index in [4.69, 9.17) is 14.5 Å². The zero-order valence-electron chi connectivity index (χ0n) is 17.4.